The second-order valence-electron chi connectivity index (χ2n) is 7.66. The molecule has 1 saturated heterocycles. The zero-order valence-electron chi connectivity index (χ0n) is 16.8. The summed E-state index contributed by atoms with van der Waals surface area (Å²) in [5.41, 5.74) is 8.07. The molecule has 6 heteroatoms. The fourth-order valence-electron chi connectivity index (χ4n) is 3.80. The van der Waals surface area contributed by atoms with E-state index < -0.39 is 12.1 Å². The van der Waals surface area contributed by atoms with Crippen molar-refractivity contribution in [3.8, 4) is 11.4 Å². The number of hydrogen-bond donors (Lipinski definition) is 2. The van der Waals surface area contributed by atoms with Crippen LogP contribution in [0, 0.1) is 0 Å². The van der Waals surface area contributed by atoms with Crippen molar-refractivity contribution < 1.29 is 9.63 Å². The van der Waals surface area contributed by atoms with E-state index in [0.29, 0.717) is 30.5 Å². The molecule has 0 radical (unpaired) electrons. The molecule has 3 N–H and O–H groups in total. The van der Waals surface area contributed by atoms with E-state index in [9.17, 15) is 5.11 Å². The van der Waals surface area contributed by atoms with Gasteiger partial charge in [0, 0.05) is 12.1 Å². The normalized spacial score (nSPS) is 19.3. The maximum atomic E-state index is 10.3. The Balaban J connectivity index is 1.58. The summed E-state index contributed by atoms with van der Waals surface area (Å²) in [5.74, 6) is 1.31. The third-order valence-corrected chi connectivity index (χ3v) is 5.46. The van der Waals surface area contributed by atoms with Crippen LogP contribution in [0.2, 0.25) is 0 Å². The number of aliphatic hydroxyl groups excluding tert-OH is 1. The van der Waals surface area contributed by atoms with Crippen molar-refractivity contribution in [2.24, 2.45) is 5.73 Å². The molecule has 152 valence electrons. The monoisotopic (exact) mass is 384 g/mol. The fraction of sp³-hybridized carbons (Fsp3) is 0.545. The van der Waals surface area contributed by atoms with Gasteiger partial charge in [0.25, 0.3) is 5.89 Å². The number of nitrogens with two attached hydrogens (primary N) is 1. The van der Waals surface area contributed by atoms with Gasteiger partial charge in [0.2, 0.25) is 5.82 Å². The van der Waals surface area contributed by atoms with E-state index in [2.05, 4.69) is 35.8 Å². The number of benzene rings is 1. The van der Waals surface area contributed by atoms with Crippen LogP contribution in [0.15, 0.2) is 41.2 Å². The maximum Gasteiger partial charge on any atom is 0.252 e. The lowest BCUT2D eigenvalue weighted by Gasteiger charge is -2.24. The average molecular weight is 385 g/mol. The van der Waals surface area contributed by atoms with E-state index in [1.165, 1.54) is 44.1 Å². The van der Waals surface area contributed by atoms with Gasteiger partial charge in [-0.3, -0.25) is 0 Å². The number of likely N-dealkylation sites (tertiary alicyclic amines) is 1. The number of aryl methyl sites for hydroxylation is 1. The lowest BCUT2D eigenvalue weighted by atomic mass is 10.0. The molecule has 1 aromatic heterocycles. The standard InChI is InChI=1S/C22H32N4O2/c1-3-4-5-6-7-8-9-17-10-12-18(13-11-17)21-24-22(28-25-21)20-19(27)14-15-26(20)16(2)23/h10-13,19-20,27H,2-9,14-15,23H2,1H3/t19-,20-/m0/s1. The third-order valence-electron chi connectivity index (χ3n) is 5.46. The minimum Gasteiger partial charge on any atom is -0.390 e. The van der Waals surface area contributed by atoms with E-state index in [1.807, 2.05) is 17.0 Å². The van der Waals surface area contributed by atoms with E-state index in [-0.39, 0.29) is 0 Å². The smallest absolute Gasteiger partial charge is 0.252 e. The molecule has 2 heterocycles. The highest BCUT2D eigenvalue weighted by atomic mass is 16.5. The SMILES string of the molecule is C=C(N)N1CC[C@H](O)[C@H]1c1nc(-c2ccc(CCCCCCCC)cc2)no1. The molecule has 0 unspecified atom stereocenters. The molecule has 0 saturated carbocycles. The molecule has 28 heavy (non-hydrogen) atoms. The van der Waals surface area contributed by atoms with Crippen molar-refractivity contribution in [2.45, 2.75) is 70.4 Å². The number of nitrogens with zero attached hydrogens (tertiary/aromatic N) is 3. The van der Waals surface area contributed by atoms with Gasteiger partial charge in [0.05, 0.1) is 11.9 Å². The average Bonchev–Trinajstić information content (AvgIpc) is 3.31. The summed E-state index contributed by atoms with van der Waals surface area (Å²) < 4.78 is 5.44. The van der Waals surface area contributed by atoms with Crippen molar-refractivity contribution in [1.82, 2.24) is 15.0 Å². The molecule has 0 bridgehead atoms. The highest BCUT2D eigenvalue weighted by Crippen LogP contribution is 2.33. The first-order chi connectivity index (χ1) is 13.6. The molecule has 2 atom stereocenters. The molecule has 3 rings (SSSR count). The largest absolute Gasteiger partial charge is 0.390 e. The molecular formula is C22H32N4O2. The van der Waals surface area contributed by atoms with Gasteiger partial charge in [0.15, 0.2) is 0 Å². The van der Waals surface area contributed by atoms with E-state index in [1.54, 1.807) is 0 Å². The Morgan fingerprint density at radius 2 is 1.93 bits per heavy atom. The van der Waals surface area contributed by atoms with E-state index in [4.69, 9.17) is 10.3 Å². The molecule has 2 aromatic rings. The summed E-state index contributed by atoms with van der Waals surface area (Å²) >= 11 is 0. The molecule has 0 amide bonds. The van der Waals surface area contributed by atoms with Gasteiger partial charge in [-0.15, -0.1) is 0 Å². The van der Waals surface area contributed by atoms with Gasteiger partial charge in [-0.25, -0.2) is 0 Å². The minimum absolute atomic E-state index is 0.378. The molecule has 0 aliphatic carbocycles. The fourth-order valence-corrected chi connectivity index (χ4v) is 3.80. The van der Waals surface area contributed by atoms with Gasteiger partial charge < -0.3 is 20.3 Å². The summed E-state index contributed by atoms with van der Waals surface area (Å²) in [7, 11) is 0. The Morgan fingerprint density at radius 3 is 2.64 bits per heavy atom. The predicted octanol–water partition coefficient (Wildman–Crippen LogP) is 4.18. The first kappa shape index (κ1) is 20.4. The number of aliphatic hydroxyl groups is 1. The lowest BCUT2D eigenvalue weighted by molar-refractivity contribution is 0.107. The first-order valence-electron chi connectivity index (χ1n) is 10.4. The van der Waals surface area contributed by atoms with Gasteiger partial charge in [-0.05, 0) is 24.8 Å². The Morgan fingerprint density at radius 1 is 1.21 bits per heavy atom. The maximum absolute atomic E-state index is 10.3. The van der Waals surface area contributed by atoms with Gasteiger partial charge in [-0.1, -0.05) is 75.0 Å². The van der Waals surface area contributed by atoms with Crippen LogP contribution in [0.4, 0.5) is 0 Å². The topological polar surface area (TPSA) is 88.4 Å². The molecule has 1 fully saturated rings. The molecule has 0 spiro atoms. The highest BCUT2D eigenvalue weighted by molar-refractivity contribution is 5.54. The summed E-state index contributed by atoms with van der Waals surface area (Å²) in [5, 5.41) is 14.4. The summed E-state index contributed by atoms with van der Waals surface area (Å²) in [4.78, 5) is 6.31. The zero-order valence-corrected chi connectivity index (χ0v) is 16.8. The number of rotatable bonds is 10. The van der Waals surface area contributed by atoms with Gasteiger partial charge in [0.1, 0.15) is 6.04 Å². The third kappa shape index (κ3) is 4.93. The van der Waals surface area contributed by atoms with Crippen molar-refractivity contribution in [1.29, 1.82) is 0 Å². The second kappa shape index (κ2) is 9.73. The number of aromatic nitrogens is 2. The molecule has 1 aliphatic rings. The second-order valence-corrected chi connectivity index (χ2v) is 7.66. The van der Waals surface area contributed by atoms with E-state index >= 15 is 0 Å². The van der Waals surface area contributed by atoms with Crippen LogP contribution < -0.4 is 5.73 Å². The van der Waals surface area contributed by atoms with Crippen LogP contribution in [-0.4, -0.2) is 32.8 Å². The summed E-state index contributed by atoms with van der Waals surface area (Å²) in [6, 6.07) is 7.91. The Labute approximate surface area is 167 Å². The first-order valence-corrected chi connectivity index (χ1v) is 10.4. The Kier molecular flexibility index (Phi) is 7.09. The highest BCUT2D eigenvalue weighted by Gasteiger charge is 2.38. The van der Waals surface area contributed by atoms with Crippen molar-refractivity contribution in [2.75, 3.05) is 6.54 Å². The minimum atomic E-state index is -0.590. The predicted molar refractivity (Wildman–Crippen MR) is 110 cm³/mol. The lowest BCUT2D eigenvalue weighted by Crippen LogP contribution is -2.30. The molecule has 6 nitrogen and oxygen atoms in total. The van der Waals surface area contributed by atoms with Gasteiger partial charge >= 0.3 is 0 Å². The quantitative estimate of drug-likeness (QED) is 0.598. The summed E-state index contributed by atoms with van der Waals surface area (Å²) in [6.07, 6.45) is 8.95. The Hall–Kier alpha value is -2.34. The summed E-state index contributed by atoms with van der Waals surface area (Å²) in [6.45, 7) is 6.65. The van der Waals surface area contributed by atoms with Crippen LogP contribution in [0.3, 0.4) is 0 Å². The number of unbranched alkanes of at least 4 members (excludes halogenated alkanes) is 5. The van der Waals surface area contributed by atoms with E-state index in [0.717, 1.165) is 12.0 Å². The van der Waals surface area contributed by atoms with Crippen LogP contribution >= 0.6 is 0 Å². The van der Waals surface area contributed by atoms with Crippen molar-refractivity contribution in [3.63, 3.8) is 0 Å². The van der Waals surface area contributed by atoms with Gasteiger partial charge in [-0.2, -0.15) is 4.98 Å². The van der Waals surface area contributed by atoms with Crippen LogP contribution in [0.25, 0.3) is 11.4 Å². The molecular weight excluding hydrogens is 352 g/mol. The zero-order chi connectivity index (χ0) is 19.9. The van der Waals surface area contributed by atoms with Crippen molar-refractivity contribution in [3.05, 3.63) is 48.1 Å². The molecule has 1 aromatic carbocycles. The number of hydrogen-bond acceptors (Lipinski definition) is 6. The van der Waals surface area contributed by atoms with Crippen LogP contribution in [0.5, 0.6) is 0 Å². The van der Waals surface area contributed by atoms with Crippen molar-refractivity contribution >= 4 is 0 Å². The Bertz CT molecular complexity index is 756. The van der Waals surface area contributed by atoms with Crippen LogP contribution in [0.1, 0.15) is 69.4 Å². The molecule has 1 aliphatic heterocycles. The van der Waals surface area contributed by atoms with Crippen LogP contribution in [-0.2, 0) is 6.42 Å².